The molecule has 1 aromatic heterocycles. The first-order valence-corrected chi connectivity index (χ1v) is 8.51. The van der Waals surface area contributed by atoms with Crippen molar-refractivity contribution in [1.29, 1.82) is 0 Å². The molecule has 5 nitrogen and oxygen atoms in total. The molecule has 22 heavy (non-hydrogen) atoms. The quantitative estimate of drug-likeness (QED) is 0.728. The van der Waals surface area contributed by atoms with Gasteiger partial charge in [-0.3, -0.25) is 9.48 Å². The van der Waals surface area contributed by atoms with E-state index in [9.17, 15) is 4.79 Å². The molecule has 1 aliphatic rings. The number of amides is 1. The van der Waals surface area contributed by atoms with Gasteiger partial charge in [-0.05, 0) is 45.4 Å². The van der Waals surface area contributed by atoms with Gasteiger partial charge in [0.25, 0.3) is 5.91 Å². The van der Waals surface area contributed by atoms with Crippen molar-refractivity contribution < 1.29 is 9.53 Å². The Morgan fingerprint density at radius 3 is 3.00 bits per heavy atom. The van der Waals surface area contributed by atoms with E-state index >= 15 is 0 Å². The average Bonchev–Trinajstić information content (AvgIpc) is 2.88. The molecule has 1 aliphatic heterocycles. The minimum absolute atomic E-state index is 0.155. The lowest BCUT2D eigenvalue weighted by molar-refractivity contribution is 0.0584. The number of methoxy groups -OCH3 is 1. The summed E-state index contributed by atoms with van der Waals surface area (Å²) in [6.07, 6.45) is 8.42. The van der Waals surface area contributed by atoms with E-state index in [0.29, 0.717) is 6.04 Å². The van der Waals surface area contributed by atoms with Crippen LogP contribution in [0.4, 0.5) is 0 Å². The SMILES string of the molecule is CCCn1cc(C(=O)N2CCCC[C@@H]2CCCOC)c(C)n1. The van der Waals surface area contributed by atoms with Crippen molar-refractivity contribution in [2.24, 2.45) is 0 Å². The summed E-state index contributed by atoms with van der Waals surface area (Å²) in [6.45, 7) is 6.56. The first kappa shape index (κ1) is 17.0. The van der Waals surface area contributed by atoms with Crippen LogP contribution in [-0.4, -0.2) is 46.9 Å². The molecule has 2 rings (SSSR count). The van der Waals surface area contributed by atoms with E-state index in [1.54, 1.807) is 7.11 Å². The van der Waals surface area contributed by atoms with Crippen LogP contribution in [-0.2, 0) is 11.3 Å². The summed E-state index contributed by atoms with van der Waals surface area (Å²) in [5, 5.41) is 4.47. The highest BCUT2D eigenvalue weighted by molar-refractivity contribution is 5.95. The molecule has 1 aromatic rings. The molecule has 0 bridgehead atoms. The Bertz CT molecular complexity index is 484. The Morgan fingerprint density at radius 1 is 1.45 bits per heavy atom. The fraction of sp³-hybridized carbons (Fsp3) is 0.765. The van der Waals surface area contributed by atoms with Crippen molar-refractivity contribution in [3.05, 3.63) is 17.5 Å². The smallest absolute Gasteiger partial charge is 0.257 e. The lowest BCUT2D eigenvalue weighted by atomic mass is 9.97. The lowest BCUT2D eigenvalue weighted by Crippen LogP contribution is -2.44. The van der Waals surface area contributed by atoms with Crippen LogP contribution in [0.15, 0.2) is 6.20 Å². The number of aryl methyl sites for hydroxylation is 2. The molecule has 0 radical (unpaired) electrons. The first-order valence-electron chi connectivity index (χ1n) is 8.51. The number of piperidine rings is 1. The van der Waals surface area contributed by atoms with Crippen LogP contribution >= 0.6 is 0 Å². The average molecular weight is 307 g/mol. The molecule has 1 amide bonds. The Hall–Kier alpha value is -1.36. The molecule has 2 heterocycles. The molecular weight excluding hydrogens is 278 g/mol. The van der Waals surface area contributed by atoms with Crippen molar-refractivity contribution >= 4 is 5.91 Å². The second kappa shape index (κ2) is 8.32. The van der Waals surface area contributed by atoms with Crippen LogP contribution in [0.1, 0.15) is 61.5 Å². The third-order valence-corrected chi connectivity index (χ3v) is 4.40. The molecular formula is C17H29N3O2. The fourth-order valence-corrected chi connectivity index (χ4v) is 3.26. The number of aromatic nitrogens is 2. The Balaban J connectivity index is 2.07. The van der Waals surface area contributed by atoms with E-state index in [1.807, 2.05) is 17.8 Å². The number of ether oxygens (including phenoxy) is 1. The zero-order valence-corrected chi connectivity index (χ0v) is 14.2. The van der Waals surface area contributed by atoms with Gasteiger partial charge in [-0.2, -0.15) is 5.10 Å². The number of carbonyl (C=O) groups is 1. The van der Waals surface area contributed by atoms with Crippen LogP contribution in [0, 0.1) is 6.92 Å². The van der Waals surface area contributed by atoms with E-state index < -0.39 is 0 Å². The number of carbonyl (C=O) groups excluding carboxylic acids is 1. The molecule has 5 heteroatoms. The van der Waals surface area contributed by atoms with Crippen molar-refractivity contribution in [3.8, 4) is 0 Å². The number of rotatable bonds is 7. The third-order valence-electron chi connectivity index (χ3n) is 4.40. The second-order valence-corrected chi connectivity index (χ2v) is 6.17. The normalized spacial score (nSPS) is 18.7. The summed E-state index contributed by atoms with van der Waals surface area (Å²) in [4.78, 5) is 15.0. The predicted octanol–water partition coefficient (Wildman–Crippen LogP) is 3.02. The van der Waals surface area contributed by atoms with Crippen molar-refractivity contribution in [3.63, 3.8) is 0 Å². The van der Waals surface area contributed by atoms with Gasteiger partial charge in [0.05, 0.1) is 11.3 Å². The number of nitrogens with zero attached hydrogens (tertiary/aromatic N) is 3. The highest BCUT2D eigenvalue weighted by atomic mass is 16.5. The Labute approximate surface area is 133 Å². The van der Waals surface area contributed by atoms with Crippen LogP contribution in [0.3, 0.4) is 0 Å². The number of hydrogen-bond acceptors (Lipinski definition) is 3. The highest BCUT2D eigenvalue weighted by Crippen LogP contribution is 2.24. The number of likely N-dealkylation sites (tertiary alicyclic amines) is 1. The molecule has 1 saturated heterocycles. The molecule has 0 spiro atoms. The number of hydrogen-bond donors (Lipinski definition) is 0. The zero-order chi connectivity index (χ0) is 15.9. The van der Waals surface area contributed by atoms with Gasteiger partial charge >= 0.3 is 0 Å². The molecule has 0 N–H and O–H groups in total. The van der Waals surface area contributed by atoms with E-state index in [-0.39, 0.29) is 5.91 Å². The Kier molecular flexibility index (Phi) is 6.43. The molecule has 0 aliphatic carbocycles. The topological polar surface area (TPSA) is 47.4 Å². The van der Waals surface area contributed by atoms with Crippen molar-refractivity contribution in [2.75, 3.05) is 20.3 Å². The van der Waals surface area contributed by atoms with E-state index in [2.05, 4.69) is 16.9 Å². The third kappa shape index (κ3) is 4.09. The van der Waals surface area contributed by atoms with Gasteiger partial charge < -0.3 is 9.64 Å². The summed E-state index contributed by atoms with van der Waals surface area (Å²) >= 11 is 0. The van der Waals surface area contributed by atoms with Gasteiger partial charge in [-0.25, -0.2) is 0 Å². The van der Waals surface area contributed by atoms with Gasteiger partial charge in [0.2, 0.25) is 0 Å². The maximum absolute atomic E-state index is 12.9. The van der Waals surface area contributed by atoms with Crippen LogP contribution in [0.25, 0.3) is 0 Å². The van der Waals surface area contributed by atoms with E-state index in [4.69, 9.17) is 4.74 Å². The van der Waals surface area contributed by atoms with Crippen LogP contribution in [0.2, 0.25) is 0 Å². The summed E-state index contributed by atoms with van der Waals surface area (Å²) in [6, 6.07) is 0.352. The minimum Gasteiger partial charge on any atom is -0.385 e. The lowest BCUT2D eigenvalue weighted by Gasteiger charge is -2.35. The van der Waals surface area contributed by atoms with Gasteiger partial charge in [0.1, 0.15) is 0 Å². The van der Waals surface area contributed by atoms with E-state index in [1.165, 1.54) is 6.42 Å². The molecule has 124 valence electrons. The second-order valence-electron chi connectivity index (χ2n) is 6.17. The fourth-order valence-electron chi connectivity index (χ4n) is 3.26. The maximum Gasteiger partial charge on any atom is 0.257 e. The largest absolute Gasteiger partial charge is 0.385 e. The first-order chi connectivity index (χ1) is 10.7. The van der Waals surface area contributed by atoms with Crippen molar-refractivity contribution in [1.82, 2.24) is 14.7 Å². The molecule has 1 fully saturated rings. The predicted molar refractivity (Wildman–Crippen MR) is 87.0 cm³/mol. The van der Waals surface area contributed by atoms with E-state index in [0.717, 1.165) is 63.1 Å². The molecule has 0 unspecified atom stereocenters. The Morgan fingerprint density at radius 2 is 2.27 bits per heavy atom. The van der Waals surface area contributed by atoms with Gasteiger partial charge in [-0.1, -0.05) is 6.92 Å². The summed E-state index contributed by atoms with van der Waals surface area (Å²) < 4.78 is 7.04. The molecule has 0 aromatic carbocycles. The zero-order valence-electron chi connectivity index (χ0n) is 14.2. The molecule has 1 atom stereocenters. The summed E-state index contributed by atoms with van der Waals surface area (Å²) in [5.74, 6) is 0.155. The summed E-state index contributed by atoms with van der Waals surface area (Å²) in [5.41, 5.74) is 1.62. The summed E-state index contributed by atoms with van der Waals surface area (Å²) in [7, 11) is 1.73. The van der Waals surface area contributed by atoms with Crippen molar-refractivity contribution in [2.45, 2.75) is 65.0 Å². The highest BCUT2D eigenvalue weighted by Gasteiger charge is 2.28. The van der Waals surface area contributed by atoms with Crippen LogP contribution in [0.5, 0.6) is 0 Å². The monoisotopic (exact) mass is 307 g/mol. The van der Waals surface area contributed by atoms with Gasteiger partial charge in [0, 0.05) is 39.0 Å². The van der Waals surface area contributed by atoms with Gasteiger partial charge in [-0.15, -0.1) is 0 Å². The van der Waals surface area contributed by atoms with Crippen LogP contribution < -0.4 is 0 Å². The molecule has 0 saturated carbocycles. The standard InChI is InChI=1S/C17H29N3O2/c1-4-10-19-13-16(14(2)18-19)17(21)20-11-6-5-8-15(20)9-7-12-22-3/h13,15H,4-12H2,1-3H3/t15-/m1/s1. The minimum atomic E-state index is 0.155. The van der Waals surface area contributed by atoms with Gasteiger partial charge in [0.15, 0.2) is 0 Å². The maximum atomic E-state index is 12.9.